The zero-order valence-electron chi connectivity index (χ0n) is 16.7. The normalized spacial score (nSPS) is 18.5. The van der Waals surface area contributed by atoms with Crippen molar-refractivity contribution in [3.63, 3.8) is 0 Å². The number of hydrogen-bond donors (Lipinski definition) is 3. The standard InChI is InChI=1S/C22H20F2N4O3/c1-22(16-10-14(23)6-7-17(16)24)20(30)28(21(31)27-22)12-19(29)25-9-8-13-11-26-18-5-3-2-4-15(13)18/h2-7,10-11,26H,8-9,12H2,1H3,(H,25,29)(H,27,31)/t22-/m0/s1. The van der Waals surface area contributed by atoms with Crippen LogP contribution in [-0.2, 0) is 21.5 Å². The van der Waals surface area contributed by atoms with Crippen LogP contribution in [0.4, 0.5) is 13.6 Å². The summed E-state index contributed by atoms with van der Waals surface area (Å²) >= 11 is 0. The smallest absolute Gasteiger partial charge is 0.325 e. The van der Waals surface area contributed by atoms with Gasteiger partial charge >= 0.3 is 6.03 Å². The molecular weight excluding hydrogens is 406 g/mol. The van der Waals surface area contributed by atoms with Gasteiger partial charge in [0.25, 0.3) is 5.91 Å². The Kier molecular flexibility index (Phi) is 5.18. The van der Waals surface area contributed by atoms with Gasteiger partial charge in [0.05, 0.1) is 0 Å². The number of hydrogen-bond acceptors (Lipinski definition) is 3. The molecule has 1 fully saturated rings. The average molecular weight is 426 g/mol. The molecule has 31 heavy (non-hydrogen) atoms. The van der Waals surface area contributed by atoms with Crippen molar-refractivity contribution >= 4 is 28.7 Å². The summed E-state index contributed by atoms with van der Waals surface area (Å²) in [7, 11) is 0. The molecule has 0 bridgehead atoms. The molecule has 160 valence electrons. The van der Waals surface area contributed by atoms with Gasteiger partial charge in [0.2, 0.25) is 5.91 Å². The molecule has 0 aliphatic carbocycles. The Morgan fingerprint density at radius 3 is 2.74 bits per heavy atom. The van der Waals surface area contributed by atoms with E-state index in [4.69, 9.17) is 0 Å². The minimum Gasteiger partial charge on any atom is -0.361 e. The number of fused-ring (bicyclic) bond motifs is 1. The molecule has 1 saturated heterocycles. The highest BCUT2D eigenvalue weighted by Crippen LogP contribution is 2.31. The molecule has 3 aromatic rings. The number of H-pyrrole nitrogens is 1. The van der Waals surface area contributed by atoms with Crippen molar-refractivity contribution < 1.29 is 23.2 Å². The zero-order valence-corrected chi connectivity index (χ0v) is 16.7. The monoisotopic (exact) mass is 426 g/mol. The van der Waals surface area contributed by atoms with Crippen LogP contribution in [0.15, 0.2) is 48.7 Å². The van der Waals surface area contributed by atoms with Crippen molar-refractivity contribution in [2.24, 2.45) is 0 Å². The third-order valence-electron chi connectivity index (χ3n) is 5.44. The minimum absolute atomic E-state index is 0.298. The predicted molar refractivity (Wildman–Crippen MR) is 109 cm³/mol. The number of amides is 4. The van der Waals surface area contributed by atoms with Crippen molar-refractivity contribution in [2.75, 3.05) is 13.1 Å². The maximum absolute atomic E-state index is 14.2. The molecule has 7 nitrogen and oxygen atoms in total. The highest BCUT2D eigenvalue weighted by molar-refractivity contribution is 6.09. The molecule has 4 rings (SSSR count). The number of para-hydroxylation sites is 1. The number of urea groups is 1. The summed E-state index contributed by atoms with van der Waals surface area (Å²) in [4.78, 5) is 41.3. The first kappa shape index (κ1) is 20.5. The van der Waals surface area contributed by atoms with E-state index < -0.39 is 41.6 Å². The number of aromatic nitrogens is 1. The Morgan fingerprint density at radius 2 is 1.94 bits per heavy atom. The Morgan fingerprint density at radius 1 is 1.16 bits per heavy atom. The molecule has 4 amide bonds. The van der Waals surface area contributed by atoms with Gasteiger partial charge in [-0.3, -0.25) is 14.5 Å². The van der Waals surface area contributed by atoms with Crippen LogP contribution < -0.4 is 10.6 Å². The molecule has 1 atom stereocenters. The van der Waals surface area contributed by atoms with Crippen molar-refractivity contribution in [2.45, 2.75) is 18.9 Å². The Bertz CT molecular complexity index is 1190. The maximum Gasteiger partial charge on any atom is 0.325 e. The fraction of sp³-hybridized carbons (Fsp3) is 0.227. The lowest BCUT2D eigenvalue weighted by molar-refractivity contribution is -0.134. The van der Waals surface area contributed by atoms with E-state index in [2.05, 4.69) is 15.6 Å². The van der Waals surface area contributed by atoms with Gasteiger partial charge in [0.1, 0.15) is 23.7 Å². The van der Waals surface area contributed by atoms with Gasteiger partial charge in [0.15, 0.2) is 0 Å². The van der Waals surface area contributed by atoms with Gasteiger partial charge < -0.3 is 15.6 Å². The number of benzene rings is 2. The zero-order chi connectivity index (χ0) is 22.2. The van der Waals surface area contributed by atoms with Crippen LogP contribution >= 0.6 is 0 Å². The van der Waals surface area contributed by atoms with Crippen molar-refractivity contribution in [3.8, 4) is 0 Å². The van der Waals surface area contributed by atoms with E-state index in [1.54, 1.807) is 0 Å². The summed E-state index contributed by atoms with van der Waals surface area (Å²) in [5.74, 6) is -2.93. The molecule has 9 heteroatoms. The average Bonchev–Trinajstić information content (AvgIpc) is 3.24. The van der Waals surface area contributed by atoms with E-state index in [1.165, 1.54) is 6.92 Å². The number of rotatable bonds is 6. The third kappa shape index (κ3) is 3.74. The molecule has 0 radical (unpaired) electrons. The third-order valence-corrected chi connectivity index (χ3v) is 5.44. The second kappa shape index (κ2) is 7.82. The van der Waals surface area contributed by atoms with Gasteiger partial charge in [0, 0.05) is 29.2 Å². The lowest BCUT2D eigenvalue weighted by Gasteiger charge is -2.22. The number of nitrogens with one attached hydrogen (secondary N) is 3. The number of nitrogens with zero attached hydrogens (tertiary/aromatic N) is 1. The van der Waals surface area contributed by atoms with Crippen LogP contribution in [0.25, 0.3) is 10.9 Å². The van der Waals surface area contributed by atoms with Gasteiger partial charge in [-0.2, -0.15) is 0 Å². The summed E-state index contributed by atoms with van der Waals surface area (Å²) in [6.07, 6.45) is 2.43. The molecule has 0 unspecified atom stereocenters. The molecule has 2 heterocycles. The van der Waals surface area contributed by atoms with Crippen LogP contribution in [0.5, 0.6) is 0 Å². The van der Waals surface area contributed by atoms with E-state index in [-0.39, 0.29) is 5.56 Å². The molecule has 0 saturated carbocycles. The summed E-state index contributed by atoms with van der Waals surface area (Å²) in [6.45, 7) is 1.06. The second-order valence-corrected chi connectivity index (χ2v) is 7.53. The largest absolute Gasteiger partial charge is 0.361 e. The van der Waals surface area contributed by atoms with E-state index >= 15 is 0 Å². The molecule has 1 aromatic heterocycles. The van der Waals surface area contributed by atoms with E-state index in [9.17, 15) is 23.2 Å². The number of halogens is 2. The highest BCUT2D eigenvalue weighted by Gasteiger charge is 2.50. The first-order valence-corrected chi connectivity index (χ1v) is 9.71. The fourth-order valence-corrected chi connectivity index (χ4v) is 3.78. The van der Waals surface area contributed by atoms with Crippen molar-refractivity contribution in [1.82, 2.24) is 20.5 Å². The summed E-state index contributed by atoms with van der Waals surface area (Å²) in [5.41, 5.74) is -0.0757. The van der Waals surface area contributed by atoms with Crippen molar-refractivity contribution in [1.29, 1.82) is 0 Å². The fourth-order valence-electron chi connectivity index (χ4n) is 3.78. The SMILES string of the molecule is C[C@@]1(c2cc(F)ccc2F)NC(=O)N(CC(=O)NCCc2c[nH]c3ccccc23)C1=O. The lowest BCUT2D eigenvalue weighted by atomic mass is 9.91. The maximum atomic E-state index is 14.2. The van der Waals surface area contributed by atoms with Crippen LogP contribution in [0.1, 0.15) is 18.1 Å². The summed E-state index contributed by atoms with van der Waals surface area (Å²) in [6, 6.07) is 9.59. The summed E-state index contributed by atoms with van der Waals surface area (Å²) < 4.78 is 27.8. The minimum atomic E-state index is -1.80. The first-order chi connectivity index (χ1) is 14.8. The summed E-state index contributed by atoms with van der Waals surface area (Å²) in [5, 5.41) is 6.10. The molecule has 1 aliphatic heterocycles. The van der Waals surface area contributed by atoms with Gasteiger partial charge in [-0.1, -0.05) is 18.2 Å². The van der Waals surface area contributed by atoms with Crippen LogP contribution in [-0.4, -0.2) is 40.8 Å². The molecule has 2 aromatic carbocycles. The highest BCUT2D eigenvalue weighted by atomic mass is 19.1. The lowest BCUT2D eigenvalue weighted by Crippen LogP contribution is -2.44. The van der Waals surface area contributed by atoms with Crippen LogP contribution in [0.3, 0.4) is 0 Å². The van der Waals surface area contributed by atoms with Crippen molar-refractivity contribution in [3.05, 3.63) is 71.4 Å². The van der Waals surface area contributed by atoms with Crippen LogP contribution in [0.2, 0.25) is 0 Å². The van der Waals surface area contributed by atoms with E-state index in [0.717, 1.165) is 34.7 Å². The Hall–Kier alpha value is -3.75. The van der Waals surface area contributed by atoms with Gasteiger partial charge in [-0.15, -0.1) is 0 Å². The van der Waals surface area contributed by atoms with E-state index in [0.29, 0.717) is 17.9 Å². The number of aromatic amines is 1. The molecule has 0 spiro atoms. The molecule has 1 aliphatic rings. The quantitative estimate of drug-likeness (QED) is 0.529. The van der Waals surface area contributed by atoms with Gasteiger partial charge in [-0.25, -0.2) is 13.6 Å². The van der Waals surface area contributed by atoms with Gasteiger partial charge in [-0.05, 0) is 43.2 Å². The van der Waals surface area contributed by atoms with E-state index in [1.807, 2.05) is 30.5 Å². The number of imide groups is 1. The number of carbonyl (C=O) groups is 3. The van der Waals surface area contributed by atoms with Crippen LogP contribution in [0, 0.1) is 11.6 Å². The predicted octanol–water partition coefficient (Wildman–Crippen LogP) is 2.57. The first-order valence-electron chi connectivity index (χ1n) is 9.71. The molecule has 3 N–H and O–H groups in total. The molecular formula is C22H20F2N4O3. The number of carbonyl (C=O) groups excluding carboxylic acids is 3. The second-order valence-electron chi connectivity index (χ2n) is 7.53. The topological polar surface area (TPSA) is 94.3 Å². The Balaban J connectivity index is 1.39. The Labute approximate surface area is 176 Å².